The Hall–Kier alpha value is -2.78. The van der Waals surface area contributed by atoms with Crippen LogP contribution in [-0.2, 0) is 0 Å². The molecule has 0 bridgehead atoms. The fourth-order valence-electron chi connectivity index (χ4n) is 2.22. The lowest BCUT2D eigenvalue weighted by Gasteiger charge is -2.11. The van der Waals surface area contributed by atoms with E-state index in [-0.39, 0.29) is 12.4 Å². The number of hydrogen-bond acceptors (Lipinski definition) is 2. The van der Waals surface area contributed by atoms with Crippen LogP contribution < -0.4 is 10.1 Å². The minimum Gasteiger partial charge on any atom is -0.497 e. The lowest BCUT2D eigenvalue weighted by atomic mass is 10.2. The molecule has 3 aromatic rings. The number of ether oxygens (including phenoxy) is 1. The summed E-state index contributed by atoms with van der Waals surface area (Å²) in [6.45, 7) is 0. The van der Waals surface area contributed by atoms with Crippen LogP contribution in [0.5, 0.6) is 5.75 Å². The summed E-state index contributed by atoms with van der Waals surface area (Å²) in [4.78, 5) is 4.75. The van der Waals surface area contributed by atoms with Crippen molar-refractivity contribution in [2.75, 3.05) is 12.4 Å². The zero-order chi connectivity index (χ0) is 15.9. The Bertz CT molecular complexity index is 789. The second-order valence-corrected chi connectivity index (χ2v) is 5.02. The van der Waals surface area contributed by atoms with E-state index in [1.807, 2.05) is 84.9 Å². The minimum atomic E-state index is 0. The lowest BCUT2D eigenvalue weighted by molar-refractivity contribution is 0.414. The van der Waals surface area contributed by atoms with Crippen LogP contribution in [0.15, 0.2) is 89.9 Å². The Morgan fingerprint density at radius 1 is 0.833 bits per heavy atom. The zero-order valence-corrected chi connectivity index (χ0v) is 14.2. The highest BCUT2D eigenvalue weighted by Gasteiger charge is 2.06. The van der Waals surface area contributed by atoms with Crippen molar-refractivity contribution in [3.63, 3.8) is 0 Å². The van der Waals surface area contributed by atoms with Crippen LogP contribution in [0.3, 0.4) is 0 Å². The van der Waals surface area contributed by atoms with Gasteiger partial charge < -0.3 is 10.1 Å². The Balaban J connectivity index is 0.00000208. The topological polar surface area (TPSA) is 33.6 Å². The molecule has 4 heteroatoms. The highest BCUT2D eigenvalue weighted by atomic mass is 35.5. The zero-order valence-electron chi connectivity index (χ0n) is 13.3. The van der Waals surface area contributed by atoms with E-state index in [2.05, 4.69) is 5.32 Å². The maximum absolute atomic E-state index is 5.32. The first-order valence-corrected chi connectivity index (χ1v) is 7.45. The van der Waals surface area contributed by atoms with Gasteiger partial charge in [-0.3, -0.25) is 0 Å². The molecular weight excluding hydrogens is 320 g/mol. The molecule has 3 rings (SSSR count). The molecular formula is C20H19ClN2O. The number of rotatable bonds is 4. The average molecular weight is 339 g/mol. The van der Waals surface area contributed by atoms with Gasteiger partial charge in [-0.2, -0.15) is 0 Å². The number of aliphatic imine (C=N–C) groups is 1. The molecule has 0 radical (unpaired) electrons. The van der Waals surface area contributed by atoms with Crippen molar-refractivity contribution in [2.45, 2.75) is 0 Å². The molecule has 0 fully saturated rings. The van der Waals surface area contributed by atoms with E-state index in [1.165, 1.54) is 0 Å². The van der Waals surface area contributed by atoms with Crippen molar-refractivity contribution in [2.24, 2.45) is 4.99 Å². The van der Waals surface area contributed by atoms with E-state index in [1.54, 1.807) is 7.11 Å². The fourth-order valence-corrected chi connectivity index (χ4v) is 2.22. The summed E-state index contributed by atoms with van der Waals surface area (Å²) in [5.41, 5.74) is 2.86. The van der Waals surface area contributed by atoms with Gasteiger partial charge in [-0.05, 0) is 36.4 Å². The molecule has 3 aromatic carbocycles. The van der Waals surface area contributed by atoms with Gasteiger partial charge in [-0.25, -0.2) is 4.99 Å². The van der Waals surface area contributed by atoms with E-state index in [0.717, 1.165) is 28.5 Å². The highest BCUT2D eigenvalue weighted by molar-refractivity contribution is 6.09. The van der Waals surface area contributed by atoms with Gasteiger partial charge in [0.25, 0.3) is 0 Å². The van der Waals surface area contributed by atoms with Crippen LogP contribution in [0.2, 0.25) is 0 Å². The highest BCUT2D eigenvalue weighted by Crippen LogP contribution is 2.19. The van der Waals surface area contributed by atoms with Crippen LogP contribution in [0.25, 0.3) is 0 Å². The third-order valence-electron chi connectivity index (χ3n) is 3.38. The second kappa shape index (κ2) is 8.75. The molecule has 0 saturated heterocycles. The molecule has 0 aromatic heterocycles. The molecule has 3 nitrogen and oxygen atoms in total. The number of halogens is 1. The smallest absolute Gasteiger partial charge is 0.138 e. The minimum absolute atomic E-state index is 0. The summed E-state index contributed by atoms with van der Waals surface area (Å²) in [6, 6.07) is 27.8. The predicted molar refractivity (Wildman–Crippen MR) is 103 cm³/mol. The molecule has 0 atom stereocenters. The van der Waals surface area contributed by atoms with Crippen molar-refractivity contribution in [3.05, 3.63) is 90.5 Å². The monoisotopic (exact) mass is 338 g/mol. The second-order valence-electron chi connectivity index (χ2n) is 5.02. The van der Waals surface area contributed by atoms with Crippen molar-refractivity contribution in [1.29, 1.82) is 0 Å². The summed E-state index contributed by atoms with van der Waals surface area (Å²) >= 11 is 0. The number of para-hydroxylation sites is 2. The Labute approximate surface area is 148 Å². The van der Waals surface area contributed by atoms with E-state index >= 15 is 0 Å². The van der Waals surface area contributed by atoms with E-state index in [4.69, 9.17) is 9.73 Å². The van der Waals surface area contributed by atoms with E-state index in [9.17, 15) is 0 Å². The first-order valence-electron chi connectivity index (χ1n) is 7.45. The molecule has 0 aliphatic carbocycles. The molecule has 0 amide bonds. The largest absolute Gasteiger partial charge is 0.497 e. The standard InChI is InChI=1S/C20H18N2O.ClH/c1-23-19-14-8-9-16(15-19)20(21-17-10-4-2-5-11-17)22-18-12-6-3-7-13-18;/h2-15H,1H3,(H,21,22);1H. The lowest BCUT2D eigenvalue weighted by Crippen LogP contribution is -2.13. The molecule has 0 heterocycles. The van der Waals surface area contributed by atoms with Crippen molar-refractivity contribution >= 4 is 29.6 Å². The molecule has 0 aliphatic heterocycles. The fraction of sp³-hybridized carbons (Fsp3) is 0.0500. The summed E-state index contributed by atoms with van der Waals surface area (Å²) < 4.78 is 5.32. The Morgan fingerprint density at radius 3 is 2.17 bits per heavy atom. The maximum Gasteiger partial charge on any atom is 0.138 e. The van der Waals surface area contributed by atoms with Crippen molar-refractivity contribution in [1.82, 2.24) is 0 Å². The maximum atomic E-state index is 5.32. The Kier molecular flexibility index (Phi) is 6.41. The summed E-state index contributed by atoms with van der Waals surface area (Å²) in [7, 11) is 1.66. The van der Waals surface area contributed by atoms with Crippen LogP contribution in [-0.4, -0.2) is 12.9 Å². The number of anilines is 1. The summed E-state index contributed by atoms with van der Waals surface area (Å²) in [5.74, 6) is 1.58. The third-order valence-corrected chi connectivity index (χ3v) is 3.38. The van der Waals surface area contributed by atoms with Crippen LogP contribution >= 0.6 is 12.4 Å². The molecule has 0 unspecified atom stereocenters. The van der Waals surface area contributed by atoms with E-state index in [0.29, 0.717) is 0 Å². The molecule has 0 saturated carbocycles. The van der Waals surface area contributed by atoms with Gasteiger partial charge in [0.05, 0.1) is 12.8 Å². The average Bonchev–Trinajstić information content (AvgIpc) is 2.63. The third kappa shape index (κ3) is 4.61. The van der Waals surface area contributed by atoms with Crippen LogP contribution in [0, 0.1) is 0 Å². The summed E-state index contributed by atoms with van der Waals surface area (Å²) in [6.07, 6.45) is 0. The SMILES string of the molecule is COc1cccc(C(=Nc2ccccc2)Nc2ccccc2)c1.Cl. The molecule has 24 heavy (non-hydrogen) atoms. The molecule has 1 N–H and O–H groups in total. The van der Waals surface area contributed by atoms with E-state index < -0.39 is 0 Å². The molecule has 0 aliphatic rings. The first-order chi connectivity index (χ1) is 11.3. The van der Waals surface area contributed by atoms with Crippen molar-refractivity contribution < 1.29 is 4.74 Å². The van der Waals surface area contributed by atoms with Gasteiger partial charge >= 0.3 is 0 Å². The molecule has 122 valence electrons. The summed E-state index contributed by atoms with van der Waals surface area (Å²) in [5, 5.41) is 3.39. The van der Waals surface area contributed by atoms with Gasteiger partial charge in [0.2, 0.25) is 0 Å². The van der Waals surface area contributed by atoms with Gasteiger partial charge in [0.1, 0.15) is 11.6 Å². The van der Waals surface area contributed by atoms with Crippen LogP contribution in [0.1, 0.15) is 5.56 Å². The van der Waals surface area contributed by atoms with Gasteiger partial charge in [0.15, 0.2) is 0 Å². The number of nitrogens with one attached hydrogen (secondary N) is 1. The quantitative estimate of drug-likeness (QED) is 0.516. The number of benzene rings is 3. The predicted octanol–water partition coefficient (Wildman–Crippen LogP) is 5.31. The van der Waals surface area contributed by atoms with Gasteiger partial charge in [0, 0.05) is 11.3 Å². The van der Waals surface area contributed by atoms with Crippen molar-refractivity contribution in [3.8, 4) is 5.75 Å². The van der Waals surface area contributed by atoms with Gasteiger partial charge in [-0.1, -0.05) is 48.5 Å². The number of methoxy groups -OCH3 is 1. The first kappa shape index (κ1) is 17.6. The Morgan fingerprint density at radius 2 is 1.50 bits per heavy atom. The van der Waals surface area contributed by atoms with Crippen LogP contribution in [0.4, 0.5) is 11.4 Å². The number of hydrogen-bond donors (Lipinski definition) is 1. The molecule has 0 spiro atoms. The number of nitrogens with zero attached hydrogens (tertiary/aromatic N) is 1. The normalized spacial score (nSPS) is 10.6. The number of amidine groups is 1. The van der Waals surface area contributed by atoms with Gasteiger partial charge in [-0.15, -0.1) is 12.4 Å².